The van der Waals surface area contributed by atoms with Gasteiger partial charge in [0.1, 0.15) is 17.9 Å². The minimum Gasteiger partial charge on any atom is -0.495 e. The largest absolute Gasteiger partial charge is 0.495 e. The van der Waals surface area contributed by atoms with Crippen molar-refractivity contribution in [3.63, 3.8) is 0 Å². The number of carbonyl (C=O) groups is 1. The summed E-state index contributed by atoms with van der Waals surface area (Å²) in [6.45, 7) is 2.19. The van der Waals surface area contributed by atoms with Crippen molar-refractivity contribution in [2.45, 2.75) is 18.7 Å². The number of halogens is 1. The van der Waals surface area contributed by atoms with E-state index < -0.39 is 5.97 Å². The second-order valence-electron chi connectivity index (χ2n) is 4.55. The summed E-state index contributed by atoms with van der Waals surface area (Å²) in [6, 6.07) is 5.31. The summed E-state index contributed by atoms with van der Waals surface area (Å²) in [4.78, 5) is 20.3. The van der Waals surface area contributed by atoms with E-state index in [0.29, 0.717) is 15.9 Å². The third-order valence-corrected chi connectivity index (χ3v) is 3.86. The fraction of sp³-hybridized carbons (Fsp3) is 0.312. The monoisotopic (exact) mass is 368 g/mol. The number of rotatable bonds is 7. The first-order chi connectivity index (χ1) is 11.6. The Morgan fingerprint density at radius 3 is 2.79 bits per heavy atom. The fourth-order valence-corrected chi connectivity index (χ4v) is 2.47. The number of aromatic nitrogens is 2. The molecule has 8 heteroatoms. The highest BCUT2D eigenvalue weighted by Crippen LogP contribution is 2.26. The van der Waals surface area contributed by atoms with Crippen molar-refractivity contribution in [2.24, 2.45) is 0 Å². The van der Waals surface area contributed by atoms with Crippen LogP contribution in [-0.4, -0.2) is 35.9 Å². The van der Waals surface area contributed by atoms with E-state index in [4.69, 9.17) is 25.8 Å². The normalized spacial score (nSPS) is 10.3. The first-order valence-electron chi connectivity index (χ1n) is 7.12. The van der Waals surface area contributed by atoms with E-state index in [1.165, 1.54) is 18.0 Å². The Kier molecular flexibility index (Phi) is 6.69. The lowest BCUT2D eigenvalue weighted by Crippen LogP contribution is -2.10. The van der Waals surface area contributed by atoms with Gasteiger partial charge >= 0.3 is 5.97 Å². The highest BCUT2D eigenvalue weighted by molar-refractivity contribution is 7.98. The lowest BCUT2D eigenvalue weighted by atomic mass is 10.2. The maximum atomic E-state index is 12.0. The van der Waals surface area contributed by atoms with Crippen molar-refractivity contribution in [1.82, 2.24) is 9.97 Å². The summed E-state index contributed by atoms with van der Waals surface area (Å²) in [7, 11) is 1.55. The van der Waals surface area contributed by atoms with Gasteiger partial charge < -0.3 is 14.2 Å². The first-order valence-corrected chi connectivity index (χ1v) is 8.72. The number of hydrogen-bond acceptors (Lipinski definition) is 7. The average molecular weight is 369 g/mol. The van der Waals surface area contributed by atoms with E-state index in [-0.39, 0.29) is 24.7 Å². The number of nitrogens with zero attached hydrogens (tertiary/aromatic N) is 2. The smallest absolute Gasteiger partial charge is 0.345 e. The summed E-state index contributed by atoms with van der Waals surface area (Å²) in [5.74, 6) is 0.243. The number of benzene rings is 1. The van der Waals surface area contributed by atoms with E-state index >= 15 is 0 Å². The summed E-state index contributed by atoms with van der Waals surface area (Å²) in [6.07, 6.45) is 3.25. The summed E-state index contributed by atoms with van der Waals surface area (Å²) >= 11 is 7.45. The van der Waals surface area contributed by atoms with Crippen LogP contribution in [0.25, 0.3) is 0 Å². The molecule has 24 heavy (non-hydrogen) atoms. The highest BCUT2D eigenvalue weighted by Gasteiger charge is 2.17. The predicted octanol–water partition coefficient (Wildman–Crippen LogP) is 3.62. The molecule has 0 N–H and O–H groups in total. The summed E-state index contributed by atoms with van der Waals surface area (Å²) in [5.41, 5.74) is 1.01. The molecule has 0 atom stereocenters. The first kappa shape index (κ1) is 18.4. The van der Waals surface area contributed by atoms with E-state index in [2.05, 4.69) is 9.97 Å². The van der Waals surface area contributed by atoms with Crippen molar-refractivity contribution in [2.75, 3.05) is 20.0 Å². The number of esters is 1. The Morgan fingerprint density at radius 1 is 1.38 bits per heavy atom. The van der Waals surface area contributed by atoms with Crippen LogP contribution in [-0.2, 0) is 11.3 Å². The average Bonchev–Trinajstić information content (AvgIpc) is 2.60. The lowest BCUT2D eigenvalue weighted by molar-refractivity contribution is 0.0519. The van der Waals surface area contributed by atoms with Crippen LogP contribution in [0.3, 0.4) is 0 Å². The topological polar surface area (TPSA) is 70.5 Å². The molecule has 0 unspecified atom stereocenters. The van der Waals surface area contributed by atoms with Crippen LogP contribution in [0.2, 0.25) is 5.02 Å². The molecular formula is C16H17ClN2O4S. The Morgan fingerprint density at radius 2 is 2.17 bits per heavy atom. The highest BCUT2D eigenvalue weighted by atomic mass is 35.5. The van der Waals surface area contributed by atoms with Gasteiger partial charge in [-0.05, 0) is 30.9 Å². The quantitative estimate of drug-likeness (QED) is 0.420. The Balaban J connectivity index is 2.21. The molecule has 0 fully saturated rings. The Labute approximate surface area is 149 Å². The van der Waals surface area contributed by atoms with Crippen LogP contribution in [0.4, 0.5) is 0 Å². The van der Waals surface area contributed by atoms with Crippen LogP contribution in [0.1, 0.15) is 22.8 Å². The molecule has 0 amide bonds. The number of methoxy groups -OCH3 is 1. The summed E-state index contributed by atoms with van der Waals surface area (Å²) < 4.78 is 15.8. The van der Waals surface area contributed by atoms with Crippen molar-refractivity contribution >= 4 is 29.3 Å². The molecule has 1 heterocycles. The van der Waals surface area contributed by atoms with E-state index in [1.54, 1.807) is 26.2 Å². The van der Waals surface area contributed by atoms with Crippen LogP contribution in [0, 0.1) is 0 Å². The van der Waals surface area contributed by atoms with Crippen molar-refractivity contribution in [1.29, 1.82) is 0 Å². The molecule has 0 aliphatic heterocycles. The second kappa shape index (κ2) is 8.75. The fourth-order valence-electron chi connectivity index (χ4n) is 1.86. The van der Waals surface area contributed by atoms with Crippen LogP contribution < -0.4 is 9.47 Å². The zero-order valence-electron chi connectivity index (χ0n) is 13.5. The van der Waals surface area contributed by atoms with Crippen molar-refractivity contribution in [3.05, 3.63) is 40.5 Å². The van der Waals surface area contributed by atoms with E-state index in [0.717, 1.165) is 5.56 Å². The molecule has 0 saturated carbocycles. The third kappa shape index (κ3) is 4.52. The minimum atomic E-state index is -0.520. The molecular weight excluding hydrogens is 352 g/mol. The van der Waals surface area contributed by atoms with Gasteiger partial charge in [0.05, 0.1) is 18.7 Å². The van der Waals surface area contributed by atoms with Gasteiger partial charge in [0, 0.05) is 6.20 Å². The van der Waals surface area contributed by atoms with Gasteiger partial charge in [-0.3, -0.25) is 0 Å². The van der Waals surface area contributed by atoms with Crippen LogP contribution in [0.5, 0.6) is 11.6 Å². The molecule has 0 spiro atoms. The van der Waals surface area contributed by atoms with Gasteiger partial charge in [0.15, 0.2) is 5.16 Å². The molecule has 0 radical (unpaired) electrons. The molecule has 6 nitrogen and oxygen atoms in total. The Hall–Kier alpha value is -1.99. The molecule has 2 aromatic rings. The van der Waals surface area contributed by atoms with E-state index in [9.17, 15) is 4.79 Å². The van der Waals surface area contributed by atoms with Gasteiger partial charge in [-0.25, -0.2) is 9.78 Å². The van der Waals surface area contributed by atoms with Crippen LogP contribution >= 0.6 is 23.4 Å². The van der Waals surface area contributed by atoms with Gasteiger partial charge in [-0.1, -0.05) is 29.4 Å². The minimum absolute atomic E-state index is 0.180. The molecule has 1 aromatic heterocycles. The maximum Gasteiger partial charge on any atom is 0.345 e. The third-order valence-electron chi connectivity index (χ3n) is 3.00. The molecule has 0 aliphatic rings. The van der Waals surface area contributed by atoms with Gasteiger partial charge in [0.25, 0.3) is 0 Å². The standard InChI is InChI=1S/C16H17ClN2O4S/c1-4-22-15(20)11-8-18-16(24-3)19-14(11)23-9-10-5-6-13(21-2)12(17)7-10/h5-8H,4,9H2,1-3H3. The van der Waals surface area contributed by atoms with E-state index in [1.807, 2.05) is 12.3 Å². The number of ether oxygens (including phenoxy) is 3. The molecule has 1 aromatic carbocycles. The van der Waals surface area contributed by atoms with Crippen molar-refractivity contribution in [3.8, 4) is 11.6 Å². The molecule has 0 bridgehead atoms. The summed E-state index contributed by atoms with van der Waals surface area (Å²) in [5, 5.41) is 0.988. The number of hydrogen-bond donors (Lipinski definition) is 0. The zero-order chi connectivity index (χ0) is 17.5. The van der Waals surface area contributed by atoms with Gasteiger partial charge in [0.2, 0.25) is 5.88 Å². The van der Waals surface area contributed by atoms with Crippen LogP contribution in [0.15, 0.2) is 29.6 Å². The SMILES string of the molecule is CCOC(=O)c1cnc(SC)nc1OCc1ccc(OC)c(Cl)c1. The molecule has 2 rings (SSSR count). The maximum absolute atomic E-state index is 12.0. The number of carbonyl (C=O) groups excluding carboxylic acids is 1. The molecule has 0 saturated heterocycles. The van der Waals surface area contributed by atoms with Gasteiger partial charge in [-0.15, -0.1) is 0 Å². The molecule has 0 aliphatic carbocycles. The molecule has 128 valence electrons. The second-order valence-corrected chi connectivity index (χ2v) is 5.73. The number of thioether (sulfide) groups is 1. The van der Waals surface area contributed by atoms with Gasteiger partial charge in [-0.2, -0.15) is 4.98 Å². The zero-order valence-corrected chi connectivity index (χ0v) is 15.1. The van der Waals surface area contributed by atoms with Crippen molar-refractivity contribution < 1.29 is 19.0 Å². The lowest BCUT2D eigenvalue weighted by Gasteiger charge is -2.11. The predicted molar refractivity (Wildman–Crippen MR) is 92.1 cm³/mol. The Bertz CT molecular complexity index is 727.